The molecule has 4 rings (SSSR count). The molecule has 1 saturated carbocycles. The second kappa shape index (κ2) is 13.4. The van der Waals surface area contributed by atoms with Gasteiger partial charge in [0.2, 0.25) is 0 Å². The average molecular weight is 628 g/mol. The number of rotatable bonds is 12. The topological polar surface area (TPSA) is 142 Å². The molecule has 1 heterocycles. The standard InChI is InChI=1S/C27H36N2O8SSe/c30-29(31)24-15-7-8-16-26(24)38(32,33)28-23(19-21-11-3-1-4-12-21)25(37-27-17-9-10-18-36-27)20-39(34,35)22-13-5-2-6-14-22/h2,5-8,13-16,21,23,25,27-28H,1,3-4,9-12,17-20H2/t23-,25-,27+/m0/s1. The minimum atomic E-state index is -4.78. The molecule has 214 valence electrons. The summed E-state index contributed by atoms with van der Waals surface area (Å²) in [4.78, 5) is 10.4. The van der Waals surface area contributed by atoms with Gasteiger partial charge in [0.25, 0.3) is 0 Å². The van der Waals surface area contributed by atoms with Crippen molar-refractivity contribution in [1.29, 1.82) is 0 Å². The molecule has 2 fully saturated rings. The molecule has 1 aliphatic heterocycles. The predicted octanol–water partition coefficient (Wildman–Crippen LogP) is 4.33. The Balaban J connectivity index is 1.70. The monoisotopic (exact) mass is 628 g/mol. The van der Waals surface area contributed by atoms with E-state index in [0.29, 0.717) is 19.4 Å². The van der Waals surface area contributed by atoms with Gasteiger partial charge in [-0.2, -0.15) is 0 Å². The van der Waals surface area contributed by atoms with Crippen LogP contribution in [-0.4, -0.2) is 51.1 Å². The maximum absolute atomic E-state index is 13.6. The van der Waals surface area contributed by atoms with Crippen LogP contribution in [0.2, 0.25) is 5.32 Å². The first-order chi connectivity index (χ1) is 18.7. The van der Waals surface area contributed by atoms with Crippen molar-refractivity contribution in [3.63, 3.8) is 0 Å². The third-order valence-electron chi connectivity index (χ3n) is 7.37. The van der Waals surface area contributed by atoms with Crippen LogP contribution in [0.3, 0.4) is 0 Å². The normalized spacial score (nSPS) is 20.8. The molecule has 0 unspecified atom stereocenters. The number of benzene rings is 2. The van der Waals surface area contributed by atoms with E-state index in [-0.39, 0.29) is 10.4 Å². The number of nitrogens with zero attached hydrogens (tertiary/aromatic N) is 1. The van der Waals surface area contributed by atoms with E-state index in [1.54, 1.807) is 18.2 Å². The van der Waals surface area contributed by atoms with Crippen LogP contribution < -0.4 is 9.18 Å². The summed E-state index contributed by atoms with van der Waals surface area (Å²) in [5.74, 6) is 0.170. The summed E-state index contributed by atoms with van der Waals surface area (Å²) in [5, 5.41) is 11.2. The fourth-order valence-electron chi connectivity index (χ4n) is 5.36. The quantitative estimate of drug-likeness (QED) is 0.208. The molecular formula is C27H36N2O8SSe. The van der Waals surface area contributed by atoms with Gasteiger partial charge >= 0.3 is 232 Å². The van der Waals surface area contributed by atoms with E-state index in [2.05, 4.69) is 4.72 Å². The minimum absolute atomic E-state index is 0.170. The average Bonchev–Trinajstić information content (AvgIpc) is 2.94. The molecule has 0 spiro atoms. The molecule has 0 aromatic heterocycles. The Morgan fingerprint density at radius 1 is 0.974 bits per heavy atom. The van der Waals surface area contributed by atoms with Crippen LogP contribution in [0.5, 0.6) is 0 Å². The van der Waals surface area contributed by atoms with E-state index in [1.165, 1.54) is 30.3 Å². The molecule has 0 amide bonds. The molecule has 12 heteroatoms. The van der Waals surface area contributed by atoms with Gasteiger partial charge in [0.05, 0.1) is 0 Å². The predicted molar refractivity (Wildman–Crippen MR) is 145 cm³/mol. The Morgan fingerprint density at radius 2 is 1.64 bits per heavy atom. The van der Waals surface area contributed by atoms with Crippen molar-refractivity contribution in [2.75, 3.05) is 6.61 Å². The van der Waals surface area contributed by atoms with Crippen molar-refractivity contribution in [3.8, 4) is 0 Å². The van der Waals surface area contributed by atoms with Crippen LogP contribution in [0.4, 0.5) is 5.69 Å². The number of hydrogen-bond donors (Lipinski definition) is 1. The number of para-hydroxylation sites is 1. The molecule has 1 aliphatic carbocycles. The fraction of sp³-hybridized carbons (Fsp3) is 0.556. The fourth-order valence-corrected chi connectivity index (χ4v) is 9.97. The van der Waals surface area contributed by atoms with Crippen molar-refractivity contribution in [1.82, 2.24) is 4.72 Å². The van der Waals surface area contributed by atoms with E-state index < -0.39 is 62.0 Å². The molecule has 1 saturated heterocycles. The SMILES string of the molecule is O=[N+]([O-])c1ccccc1S(=O)(=O)N[C@@H](CC1CCCCC1)[C@H](C[Se](=O)(=O)c1ccccc1)O[C@@H]1CCCCO1. The van der Waals surface area contributed by atoms with Crippen LogP contribution in [0.1, 0.15) is 57.8 Å². The molecule has 39 heavy (non-hydrogen) atoms. The number of sulfonamides is 1. The third kappa shape index (κ3) is 8.15. The zero-order valence-electron chi connectivity index (χ0n) is 21.8. The van der Waals surface area contributed by atoms with Gasteiger partial charge in [-0.1, -0.05) is 0 Å². The summed E-state index contributed by atoms with van der Waals surface area (Å²) in [7, 11) is -4.39. The third-order valence-corrected chi connectivity index (χ3v) is 12.6. The summed E-state index contributed by atoms with van der Waals surface area (Å²) < 4.78 is 69.1. The molecule has 0 bridgehead atoms. The number of hydrogen-bond acceptors (Lipinski definition) is 8. The first kappa shape index (κ1) is 29.8. The number of nitro benzene ring substituents is 1. The van der Waals surface area contributed by atoms with Crippen LogP contribution in [0.15, 0.2) is 59.5 Å². The van der Waals surface area contributed by atoms with Crippen molar-refractivity contribution in [3.05, 3.63) is 64.7 Å². The Bertz CT molecular complexity index is 1310. The second-order valence-electron chi connectivity index (χ2n) is 10.3. The van der Waals surface area contributed by atoms with Crippen LogP contribution in [0, 0.1) is 16.0 Å². The molecule has 1 N–H and O–H groups in total. The Hall–Kier alpha value is -2.21. The van der Waals surface area contributed by atoms with Gasteiger partial charge in [-0.25, -0.2) is 0 Å². The van der Waals surface area contributed by atoms with Gasteiger partial charge < -0.3 is 0 Å². The number of ether oxygens (including phenoxy) is 2. The van der Waals surface area contributed by atoms with Crippen LogP contribution >= 0.6 is 0 Å². The zero-order valence-corrected chi connectivity index (χ0v) is 24.3. The summed E-state index contributed by atoms with van der Waals surface area (Å²) in [6.07, 6.45) is 5.88. The molecule has 0 radical (unpaired) electrons. The summed E-state index contributed by atoms with van der Waals surface area (Å²) in [6, 6.07) is 12.3. The molecule has 3 atom stereocenters. The summed E-state index contributed by atoms with van der Waals surface area (Å²) in [6.45, 7) is 0.476. The van der Waals surface area contributed by atoms with E-state index in [0.717, 1.165) is 51.0 Å². The first-order valence-electron chi connectivity index (χ1n) is 13.5. The van der Waals surface area contributed by atoms with Gasteiger partial charge in [0.1, 0.15) is 0 Å². The molecule has 2 aromatic carbocycles. The van der Waals surface area contributed by atoms with Crippen molar-refractivity contribution < 1.29 is 30.5 Å². The Morgan fingerprint density at radius 3 is 2.31 bits per heavy atom. The van der Waals surface area contributed by atoms with Crippen molar-refractivity contribution >= 4 is 32.9 Å². The Labute approximate surface area is 231 Å². The molecule has 2 aromatic rings. The van der Waals surface area contributed by atoms with Gasteiger partial charge in [0.15, 0.2) is 0 Å². The van der Waals surface area contributed by atoms with Crippen LogP contribution in [0.25, 0.3) is 0 Å². The van der Waals surface area contributed by atoms with Crippen molar-refractivity contribution in [2.24, 2.45) is 5.92 Å². The van der Waals surface area contributed by atoms with Gasteiger partial charge in [-0.15, -0.1) is 0 Å². The Kier molecular flexibility index (Phi) is 10.3. The van der Waals surface area contributed by atoms with Crippen molar-refractivity contribution in [2.45, 2.75) is 86.4 Å². The van der Waals surface area contributed by atoms with E-state index >= 15 is 0 Å². The molecule has 2 aliphatic rings. The first-order valence-corrected chi connectivity index (χ1v) is 18.4. The van der Waals surface area contributed by atoms with Gasteiger partial charge in [0, 0.05) is 0 Å². The molecular weight excluding hydrogens is 591 g/mol. The number of nitrogens with one attached hydrogen (secondary N) is 1. The zero-order chi connectivity index (χ0) is 27.9. The van der Waals surface area contributed by atoms with Gasteiger partial charge in [-0.05, 0) is 0 Å². The van der Waals surface area contributed by atoms with E-state index in [4.69, 9.17) is 9.47 Å². The summed E-state index contributed by atoms with van der Waals surface area (Å²) >= 11 is -4.78. The van der Waals surface area contributed by atoms with E-state index in [9.17, 15) is 26.2 Å². The van der Waals surface area contributed by atoms with E-state index in [1.807, 2.05) is 0 Å². The number of nitro groups is 1. The maximum atomic E-state index is 13.6. The van der Waals surface area contributed by atoms with Crippen LogP contribution in [-0.2, 0) is 27.2 Å². The molecule has 10 nitrogen and oxygen atoms in total. The summed E-state index contributed by atoms with van der Waals surface area (Å²) in [5.41, 5.74) is -0.545. The second-order valence-corrected chi connectivity index (χ2v) is 16.2. The van der Waals surface area contributed by atoms with Gasteiger partial charge in [-0.3, -0.25) is 0 Å².